The number of benzene rings is 2. The van der Waals surface area contributed by atoms with Gasteiger partial charge < -0.3 is 15.4 Å². The molecule has 1 fully saturated rings. The number of amides is 1. The van der Waals surface area contributed by atoms with Gasteiger partial charge in [-0.25, -0.2) is 0 Å². The third kappa shape index (κ3) is 4.83. The maximum absolute atomic E-state index is 12.5. The number of nitrogens with one attached hydrogen (secondary N) is 2. The maximum atomic E-state index is 12.5. The van der Waals surface area contributed by atoms with Crippen LogP contribution in [0.25, 0.3) is 0 Å². The highest BCUT2D eigenvalue weighted by atomic mass is 16.5. The summed E-state index contributed by atoms with van der Waals surface area (Å²) in [5.41, 5.74) is 2.72. The zero-order chi connectivity index (χ0) is 17.5. The first kappa shape index (κ1) is 17.5. The summed E-state index contributed by atoms with van der Waals surface area (Å²) in [6, 6.07) is 15.8. The number of hydrogen-bond donors (Lipinski definition) is 2. The third-order valence-electron chi connectivity index (χ3n) is 4.79. The molecule has 1 heterocycles. The lowest BCUT2D eigenvalue weighted by Gasteiger charge is -2.23. The van der Waals surface area contributed by atoms with Crippen molar-refractivity contribution in [3.63, 3.8) is 0 Å². The molecule has 4 nitrogen and oxygen atoms in total. The number of aryl methyl sites for hydroxylation is 1. The standard InChI is InChI=1S/C21H26N2O2/c1-25-19-13-10-17(11-14-19)21(24)23-20-8-3-2-6-16(20)9-12-18-7-4-5-15-22-18/h2-3,6,8,10-11,13-14,18,22H,4-5,7,9,12,15H2,1H3,(H,23,24)/t18-/m0/s1. The van der Waals surface area contributed by atoms with Crippen molar-refractivity contribution < 1.29 is 9.53 Å². The van der Waals surface area contributed by atoms with Crippen molar-refractivity contribution in [1.29, 1.82) is 0 Å². The summed E-state index contributed by atoms with van der Waals surface area (Å²) >= 11 is 0. The van der Waals surface area contributed by atoms with Gasteiger partial charge in [0.05, 0.1) is 7.11 Å². The van der Waals surface area contributed by atoms with Gasteiger partial charge in [0, 0.05) is 17.3 Å². The van der Waals surface area contributed by atoms with E-state index < -0.39 is 0 Å². The lowest BCUT2D eigenvalue weighted by atomic mass is 9.97. The SMILES string of the molecule is COc1ccc(C(=O)Nc2ccccc2CC[C@@H]2CCCCN2)cc1. The normalized spacial score (nSPS) is 17.1. The number of para-hydroxylation sites is 1. The van der Waals surface area contributed by atoms with Crippen LogP contribution in [0.3, 0.4) is 0 Å². The number of rotatable bonds is 6. The fraction of sp³-hybridized carbons (Fsp3) is 0.381. The van der Waals surface area contributed by atoms with Crippen LogP contribution in [0.5, 0.6) is 5.75 Å². The summed E-state index contributed by atoms with van der Waals surface area (Å²) in [6.45, 7) is 1.13. The van der Waals surface area contributed by atoms with E-state index in [9.17, 15) is 4.79 Å². The lowest BCUT2D eigenvalue weighted by Crippen LogP contribution is -2.34. The maximum Gasteiger partial charge on any atom is 0.255 e. The molecular formula is C21H26N2O2. The molecule has 0 radical (unpaired) electrons. The van der Waals surface area contributed by atoms with E-state index in [0.29, 0.717) is 11.6 Å². The quantitative estimate of drug-likeness (QED) is 0.836. The number of methoxy groups -OCH3 is 1. The Morgan fingerprint density at radius 3 is 2.68 bits per heavy atom. The van der Waals surface area contributed by atoms with Crippen LogP contribution in [0.4, 0.5) is 5.69 Å². The highest BCUT2D eigenvalue weighted by Gasteiger charge is 2.14. The van der Waals surface area contributed by atoms with Crippen molar-refractivity contribution in [2.45, 2.75) is 38.1 Å². The highest BCUT2D eigenvalue weighted by molar-refractivity contribution is 6.04. The Kier molecular flexibility index (Phi) is 6.07. The minimum Gasteiger partial charge on any atom is -0.497 e. The molecule has 132 valence electrons. The van der Waals surface area contributed by atoms with Crippen LogP contribution in [0.1, 0.15) is 41.6 Å². The molecule has 0 saturated carbocycles. The monoisotopic (exact) mass is 338 g/mol. The molecule has 1 aliphatic heterocycles. The molecule has 25 heavy (non-hydrogen) atoms. The fourth-order valence-corrected chi connectivity index (χ4v) is 3.30. The predicted octanol–water partition coefficient (Wildman–Crippen LogP) is 4.02. The summed E-state index contributed by atoms with van der Waals surface area (Å²) in [4.78, 5) is 12.5. The number of hydrogen-bond acceptors (Lipinski definition) is 3. The zero-order valence-corrected chi connectivity index (χ0v) is 14.8. The number of piperidine rings is 1. The van der Waals surface area contributed by atoms with Gasteiger partial charge in [-0.2, -0.15) is 0 Å². The number of anilines is 1. The second kappa shape index (κ2) is 8.67. The minimum atomic E-state index is -0.0918. The molecule has 1 amide bonds. The molecule has 2 aromatic rings. The second-order valence-corrected chi connectivity index (χ2v) is 6.53. The van der Waals surface area contributed by atoms with E-state index in [1.807, 2.05) is 18.2 Å². The molecule has 0 aliphatic carbocycles. The van der Waals surface area contributed by atoms with E-state index in [0.717, 1.165) is 30.8 Å². The predicted molar refractivity (Wildman–Crippen MR) is 101 cm³/mol. The molecule has 0 aromatic heterocycles. The van der Waals surface area contributed by atoms with Crippen LogP contribution >= 0.6 is 0 Å². The van der Waals surface area contributed by atoms with Crippen molar-refractivity contribution in [2.75, 3.05) is 19.0 Å². The average molecular weight is 338 g/mol. The van der Waals surface area contributed by atoms with Gasteiger partial charge in [-0.15, -0.1) is 0 Å². The lowest BCUT2D eigenvalue weighted by molar-refractivity contribution is 0.102. The smallest absolute Gasteiger partial charge is 0.255 e. The van der Waals surface area contributed by atoms with Crippen molar-refractivity contribution >= 4 is 11.6 Å². The first-order valence-corrected chi connectivity index (χ1v) is 9.03. The number of carbonyl (C=O) groups is 1. The van der Waals surface area contributed by atoms with E-state index in [1.54, 1.807) is 31.4 Å². The Hall–Kier alpha value is -2.33. The Morgan fingerprint density at radius 1 is 1.16 bits per heavy atom. The van der Waals surface area contributed by atoms with Crippen LogP contribution in [0.2, 0.25) is 0 Å². The molecule has 2 N–H and O–H groups in total. The Morgan fingerprint density at radius 2 is 1.96 bits per heavy atom. The Bertz CT molecular complexity index is 691. The summed E-state index contributed by atoms with van der Waals surface area (Å²) in [7, 11) is 1.62. The van der Waals surface area contributed by atoms with Gasteiger partial charge in [0.2, 0.25) is 0 Å². The van der Waals surface area contributed by atoms with Crippen molar-refractivity contribution in [1.82, 2.24) is 5.32 Å². The minimum absolute atomic E-state index is 0.0918. The summed E-state index contributed by atoms with van der Waals surface area (Å²) in [6.07, 6.45) is 5.92. The fourth-order valence-electron chi connectivity index (χ4n) is 3.30. The molecule has 4 heteroatoms. The van der Waals surface area contributed by atoms with Crippen LogP contribution in [0.15, 0.2) is 48.5 Å². The van der Waals surface area contributed by atoms with Gasteiger partial charge in [-0.05, 0) is 68.1 Å². The molecule has 0 unspecified atom stereocenters. The summed E-state index contributed by atoms with van der Waals surface area (Å²) in [5, 5.41) is 6.64. The summed E-state index contributed by atoms with van der Waals surface area (Å²) < 4.78 is 5.14. The van der Waals surface area contributed by atoms with Crippen LogP contribution in [-0.2, 0) is 6.42 Å². The van der Waals surface area contributed by atoms with E-state index in [4.69, 9.17) is 4.74 Å². The van der Waals surface area contributed by atoms with E-state index in [-0.39, 0.29) is 5.91 Å². The first-order chi connectivity index (χ1) is 12.3. The topological polar surface area (TPSA) is 50.4 Å². The van der Waals surface area contributed by atoms with E-state index in [1.165, 1.54) is 24.8 Å². The van der Waals surface area contributed by atoms with Crippen molar-refractivity contribution in [2.24, 2.45) is 0 Å². The molecule has 1 aliphatic rings. The van der Waals surface area contributed by atoms with Crippen molar-refractivity contribution in [3.05, 3.63) is 59.7 Å². The molecule has 1 atom stereocenters. The first-order valence-electron chi connectivity index (χ1n) is 9.03. The van der Waals surface area contributed by atoms with Gasteiger partial charge in [-0.3, -0.25) is 4.79 Å². The van der Waals surface area contributed by atoms with Crippen molar-refractivity contribution in [3.8, 4) is 5.75 Å². The van der Waals surface area contributed by atoms with E-state index >= 15 is 0 Å². The number of ether oxygens (including phenoxy) is 1. The largest absolute Gasteiger partial charge is 0.497 e. The van der Waals surface area contributed by atoms with Crippen LogP contribution in [0, 0.1) is 0 Å². The highest BCUT2D eigenvalue weighted by Crippen LogP contribution is 2.21. The van der Waals surface area contributed by atoms with Gasteiger partial charge in [0.15, 0.2) is 0 Å². The second-order valence-electron chi connectivity index (χ2n) is 6.53. The van der Waals surface area contributed by atoms with Crippen LogP contribution < -0.4 is 15.4 Å². The zero-order valence-electron chi connectivity index (χ0n) is 14.8. The molecular weight excluding hydrogens is 312 g/mol. The Balaban J connectivity index is 1.64. The molecule has 2 aromatic carbocycles. The average Bonchev–Trinajstić information content (AvgIpc) is 2.68. The van der Waals surface area contributed by atoms with Crippen LogP contribution in [-0.4, -0.2) is 25.6 Å². The third-order valence-corrected chi connectivity index (χ3v) is 4.79. The summed E-state index contributed by atoms with van der Waals surface area (Å²) in [5.74, 6) is 0.655. The van der Waals surface area contributed by atoms with Gasteiger partial charge >= 0.3 is 0 Å². The number of carbonyl (C=O) groups excluding carboxylic acids is 1. The molecule has 0 bridgehead atoms. The van der Waals surface area contributed by atoms with Gasteiger partial charge in [0.25, 0.3) is 5.91 Å². The molecule has 3 rings (SSSR count). The van der Waals surface area contributed by atoms with Gasteiger partial charge in [0.1, 0.15) is 5.75 Å². The molecule has 1 saturated heterocycles. The Labute approximate surface area is 149 Å². The van der Waals surface area contributed by atoms with E-state index in [2.05, 4.69) is 16.7 Å². The molecule has 0 spiro atoms. The van der Waals surface area contributed by atoms with Gasteiger partial charge in [-0.1, -0.05) is 24.6 Å².